The lowest BCUT2D eigenvalue weighted by molar-refractivity contribution is 0.413. The summed E-state index contributed by atoms with van der Waals surface area (Å²) in [6.45, 7) is 6.89. The first kappa shape index (κ1) is 15.4. The van der Waals surface area contributed by atoms with Crippen molar-refractivity contribution in [2.24, 2.45) is 5.92 Å². The van der Waals surface area contributed by atoms with Gasteiger partial charge in [0, 0.05) is 0 Å². The van der Waals surface area contributed by atoms with Gasteiger partial charge in [0.05, 0.1) is 7.11 Å². The second-order valence-corrected chi connectivity index (χ2v) is 5.96. The molecule has 1 aliphatic rings. The number of hydrogen-bond acceptors (Lipinski definition) is 2. The number of hydrogen-bond donors (Lipinski definition) is 1. The van der Waals surface area contributed by atoms with Gasteiger partial charge >= 0.3 is 0 Å². The van der Waals surface area contributed by atoms with Crippen molar-refractivity contribution >= 4 is 0 Å². The molecule has 1 fully saturated rings. The molecule has 2 nitrogen and oxygen atoms in total. The van der Waals surface area contributed by atoms with Crippen LogP contribution < -0.4 is 10.1 Å². The first-order chi connectivity index (χ1) is 9.78. The maximum absolute atomic E-state index is 5.40. The molecule has 0 bridgehead atoms. The van der Waals surface area contributed by atoms with Crippen molar-refractivity contribution in [2.45, 2.75) is 51.9 Å². The van der Waals surface area contributed by atoms with E-state index < -0.39 is 0 Å². The highest BCUT2D eigenvalue weighted by Crippen LogP contribution is 2.30. The maximum Gasteiger partial charge on any atom is 0.119 e. The molecule has 20 heavy (non-hydrogen) atoms. The van der Waals surface area contributed by atoms with Crippen LogP contribution in [-0.2, 0) is 6.42 Å². The molecular formula is C18H29NO. The van der Waals surface area contributed by atoms with Crippen LogP contribution in [0.5, 0.6) is 5.75 Å². The average molecular weight is 275 g/mol. The Morgan fingerprint density at radius 3 is 2.70 bits per heavy atom. The maximum atomic E-state index is 5.40. The summed E-state index contributed by atoms with van der Waals surface area (Å²) in [4.78, 5) is 0. The van der Waals surface area contributed by atoms with Gasteiger partial charge in [-0.2, -0.15) is 0 Å². The van der Waals surface area contributed by atoms with Gasteiger partial charge in [0.2, 0.25) is 0 Å². The van der Waals surface area contributed by atoms with Crippen LogP contribution in [0.1, 0.15) is 56.6 Å². The molecule has 1 atom stereocenters. The van der Waals surface area contributed by atoms with E-state index in [2.05, 4.69) is 37.4 Å². The Hall–Kier alpha value is -1.02. The third-order valence-electron chi connectivity index (χ3n) is 4.47. The Kier molecular flexibility index (Phi) is 5.90. The molecule has 0 amide bonds. The summed E-state index contributed by atoms with van der Waals surface area (Å²) in [5.41, 5.74) is 2.96. The summed E-state index contributed by atoms with van der Waals surface area (Å²) in [5.74, 6) is 2.60. The average Bonchev–Trinajstić information content (AvgIpc) is 3.31. The second-order valence-electron chi connectivity index (χ2n) is 5.96. The van der Waals surface area contributed by atoms with E-state index in [-0.39, 0.29) is 0 Å². The molecule has 112 valence electrons. The van der Waals surface area contributed by atoms with Crippen LogP contribution in [0.25, 0.3) is 0 Å². The zero-order valence-corrected chi connectivity index (χ0v) is 13.2. The number of rotatable bonds is 9. The normalized spacial score (nSPS) is 16.1. The van der Waals surface area contributed by atoms with Gasteiger partial charge in [-0.1, -0.05) is 19.9 Å². The molecule has 0 aromatic heterocycles. The Labute approximate surface area is 123 Å². The van der Waals surface area contributed by atoms with Crippen LogP contribution in [0.15, 0.2) is 18.2 Å². The lowest BCUT2D eigenvalue weighted by atomic mass is 9.88. The molecule has 0 spiro atoms. The zero-order chi connectivity index (χ0) is 14.4. The fourth-order valence-corrected chi connectivity index (χ4v) is 2.89. The van der Waals surface area contributed by atoms with Gasteiger partial charge in [0.15, 0.2) is 0 Å². The van der Waals surface area contributed by atoms with Gasteiger partial charge < -0.3 is 10.1 Å². The summed E-state index contributed by atoms with van der Waals surface area (Å²) in [6.07, 6.45) is 6.39. The Morgan fingerprint density at radius 2 is 2.10 bits per heavy atom. The summed E-state index contributed by atoms with van der Waals surface area (Å²) < 4.78 is 5.40. The summed E-state index contributed by atoms with van der Waals surface area (Å²) >= 11 is 0. The van der Waals surface area contributed by atoms with E-state index in [1.165, 1.54) is 43.4 Å². The Balaban J connectivity index is 1.96. The smallest absolute Gasteiger partial charge is 0.119 e. The predicted molar refractivity (Wildman–Crippen MR) is 85.6 cm³/mol. The third kappa shape index (κ3) is 4.24. The minimum absolute atomic E-state index is 0.645. The van der Waals surface area contributed by atoms with E-state index in [4.69, 9.17) is 4.74 Å². The van der Waals surface area contributed by atoms with E-state index in [1.807, 2.05) is 0 Å². The highest BCUT2D eigenvalue weighted by Gasteiger charge is 2.20. The Morgan fingerprint density at radius 1 is 1.30 bits per heavy atom. The van der Waals surface area contributed by atoms with Crippen molar-refractivity contribution in [1.29, 1.82) is 0 Å². The minimum Gasteiger partial charge on any atom is -0.497 e. The van der Waals surface area contributed by atoms with Crippen molar-refractivity contribution in [3.8, 4) is 5.75 Å². The summed E-state index contributed by atoms with van der Waals surface area (Å²) in [5, 5.41) is 3.62. The molecular weight excluding hydrogens is 246 g/mol. The topological polar surface area (TPSA) is 21.3 Å². The van der Waals surface area contributed by atoms with Gasteiger partial charge in [0.1, 0.15) is 5.75 Å². The van der Waals surface area contributed by atoms with Crippen LogP contribution in [0.3, 0.4) is 0 Å². The summed E-state index contributed by atoms with van der Waals surface area (Å²) in [6, 6.07) is 6.56. The van der Waals surface area contributed by atoms with Crippen molar-refractivity contribution < 1.29 is 4.74 Å². The Bertz CT molecular complexity index is 412. The molecule has 1 aliphatic carbocycles. The molecule has 1 aromatic carbocycles. The molecule has 1 N–H and O–H groups in total. The van der Waals surface area contributed by atoms with Gasteiger partial charge in [-0.3, -0.25) is 0 Å². The molecule has 1 saturated carbocycles. The third-order valence-corrected chi connectivity index (χ3v) is 4.47. The van der Waals surface area contributed by atoms with Gasteiger partial charge in [-0.05, 0) is 80.3 Å². The predicted octanol–water partition coefficient (Wildman–Crippen LogP) is 4.14. The first-order valence-electron chi connectivity index (χ1n) is 8.16. The number of nitrogens with one attached hydrogen (secondary N) is 1. The van der Waals surface area contributed by atoms with E-state index in [1.54, 1.807) is 7.11 Å². The quantitative estimate of drug-likeness (QED) is 0.684. The van der Waals surface area contributed by atoms with Crippen LogP contribution in [0.4, 0.5) is 0 Å². The molecule has 2 rings (SSSR count). The van der Waals surface area contributed by atoms with Crippen LogP contribution >= 0.6 is 0 Å². The lowest BCUT2D eigenvalue weighted by Crippen LogP contribution is -2.20. The summed E-state index contributed by atoms with van der Waals surface area (Å²) in [7, 11) is 1.75. The zero-order valence-electron chi connectivity index (χ0n) is 13.2. The number of ether oxygens (including phenoxy) is 1. The molecule has 0 heterocycles. The minimum atomic E-state index is 0.645. The van der Waals surface area contributed by atoms with Gasteiger partial charge in [-0.25, -0.2) is 0 Å². The van der Waals surface area contributed by atoms with Gasteiger partial charge in [0.25, 0.3) is 0 Å². The highest BCUT2D eigenvalue weighted by atomic mass is 16.5. The monoisotopic (exact) mass is 275 g/mol. The fraction of sp³-hybridized carbons (Fsp3) is 0.667. The molecule has 2 heteroatoms. The number of aryl methyl sites for hydroxylation is 1. The second kappa shape index (κ2) is 7.68. The SMILES string of the molecule is CCc1ccc(OC)cc1C(CC)CCNCC1CC1. The first-order valence-corrected chi connectivity index (χ1v) is 8.16. The standard InChI is InChI=1S/C18H29NO/c1-4-15-8-9-17(20-3)12-18(15)16(5-2)10-11-19-13-14-6-7-14/h8-9,12,14,16,19H,4-7,10-11,13H2,1-3H3. The largest absolute Gasteiger partial charge is 0.497 e. The fourth-order valence-electron chi connectivity index (χ4n) is 2.89. The van der Waals surface area contributed by atoms with E-state index >= 15 is 0 Å². The van der Waals surface area contributed by atoms with Crippen molar-refractivity contribution in [3.63, 3.8) is 0 Å². The number of methoxy groups -OCH3 is 1. The molecule has 1 aromatic rings. The van der Waals surface area contributed by atoms with Crippen LogP contribution in [0.2, 0.25) is 0 Å². The molecule has 0 aliphatic heterocycles. The van der Waals surface area contributed by atoms with Crippen LogP contribution in [-0.4, -0.2) is 20.2 Å². The number of benzene rings is 1. The highest BCUT2D eigenvalue weighted by molar-refractivity contribution is 5.38. The van der Waals surface area contributed by atoms with Crippen molar-refractivity contribution in [3.05, 3.63) is 29.3 Å². The lowest BCUT2D eigenvalue weighted by Gasteiger charge is -2.20. The van der Waals surface area contributed by atoms with Crippen LogP contribution in [0, 0.1) is 5.92 Å². The molecule has 1 unspecified atom stereocenters. The van der Waals surface area contributed by atoms with Crippen molar-refractivity contribution in [1.82, 2.24) is 5.32 Å². The molecule has 0 saturated heterocycles. The van der Waals surface area contributed by atoms with E-state index in [9.17, 15) is 0 Å². The van der Waals surface area contributed by atoms with Crippen molar-refractivity contribution in [2.75, 3.05) is 20.2 Å². The van der Waals surface area contributed by atoms with E-state index in [0.717, 1.165) is 24.6 Å². The molecule has 0 radical (unpaired) electrons. The van der Waals surface area contributed by atoms with Gasteiger partial charge in [-0.15, -0.1) is 0 Å². The van der Waals surface area contributed by atoms with E-state index in [0.29, 0.717) is 5.92 Å².